The molecule has 0 unspecified atom stereocenters. The highest BCUT2D eigenvalue weighted by Crippen LogP contribution is 2.40. The summed E-state index contributed by atoms with van der Waals surface area (Å²) in [5.74, 6) is 0.892. The highest BCUT2D eigenvalue weighted by Gasteiger charge is 2.42. The fourth-order valence-electron chi connectivity index (χ4n) is 4.06. The predicted molar refractivity (Wildman–Crippen MR) is 89.6 cm³/mol. The predicted octanol–water partition coefficient (Wildman–Crippen LogP) is 3.28. The molecule has 22 heavy (non-hydrogen) atoms. The van der Waals surface area contributed by atoms with Crippen LogP contribution in [-0.4, -0.2) is 5.66 Å². The molecule has 0 amide bonds. The monoisotopic (exact) mass is 286 g/mol. The summed E-state index contributed by atoms with van der Waals surface area (Å²) >= 11 is 0. The lowest BCUT2D eigenvalue weighted by Crippen LogP contribution is -2.63. The van der Waals surface area contributed by atoms with Gasteiger partial charge in [-0.1, -0.05) is 54.6 Å². The zero-order valence-corrected chi connectivity index (χ0v) is 12.3. The first-order valence-corrected chi connectivity index (χ1v) is 7.93. The topological polar surface area (TPSA) is 24.1 Å². The Bertz CT molecular complexity index is 758. The van der Waals surface area contributed by atoms with Crippen molar-refractivity contribution in [3.8, 4) is 0 Å². The SMILES string of the molecule is C1=CC2C=CC=C3NC4(C=Cc5ccccc5C4)NC(=C1)C32. The number of fused-ring (bicyclic) bond motifs is 1. The smallest absolute Gasteiger partial charge is 0.131 e. The second-order valence-corrected chi connectivity index (χ2v) is 6.50. The van der Waals surface area contributed by atoms with Gasteiger partial charge in [0.05, 0.1) is 0 Å². The van der Waals surface area contributed by atoms with Crippen LogP contribution in [-0.2, 0) is 6.42 Å². The lowest BCUT2D eigenvalue weighted by atomic mass is 9.76. The van der Waals surface area contributed by atoms with Crippen molar-refractivity contribution in [2.75, 3.05) is 0 Å². The summed E-state index contributed by atoms with van der Waals surface area (Å²) in [5.41, 5.74) is 5.16. The molecule has 108 valence electrons. The molecule has 1 aromatic rings. The molecule has 1 fully saturated rings. The van der Waals surface area contributed by atoms with Gasteiger partial charge in [-0.25, -0.2) is 0 Å². The van der Waals surface area contributed by atoms with Gasteiger partial charge in [-0.3, -0.25) is 0 Å². The van der Waals surface area contributed by atoms with E-state index in [1.807, 2.05) is 0 Å². The Morgan fingerprint density at radius 1 is 0.955 bits per heavy atom. The first-order chi connectivity index (χ1) is 10.8. The van der Waals surface area contributed by atoms with Gasteiger partial charge in [0.1, 0.15) is 5.66 Å². The van der Waals surface area contributed by atoms with Gasteiger partial charge in [0.15, 0.2) is 0 Å². The van der Waals surface area contributed by atoms with Gasteiger partial charge in [0, 0.05) is 29.7 Å². The third-order valence-electron chi connectivity index (χ3n) is 5.08. The molecule has 1 aromatic carbocycles. The first kappa shape index (κ1) is 12.1. The summed E-state index contributed by atoms with van der Waals surface area (Å²) in [4.78, 5) is 0. The third-order valence-corrected chi connectivity index (χ3v) is 5.08. The standard InChI is InChI=1S/C20H18N2/c1-2-6-16-13-20(12-11-14(16)5-1)21-17-9-3-7-15-8-4-10-18(22-20)19(15)17/h1-12,15,19,21-22H,13H2. The van der Waals surface area contributed by atoms with Gasteiger partial charge in [0.25, 0.3) is 0 Å². The van der Waals surface area contributed by atoms with Crippen LogP contribution >= 0.6 is 0 Å². The van der Waals surface area contributed by atoms with E-state index in [4.69, 9.17) is 0 Å². The molecule has 2 N–H and O–H groups in total. The highest BCUT2D eigenvalue weighted by atomic mass is 15.2. The van der Waals surface area contributed by atoms with E-state index in [1.165, 1.54) is 22.5 Å². The van der Waals surface area contributed by atoms with E-state index >= 15 is 0 Å². The van der Waals surface area contributed by atoms with Crippen LogP contribution in [0.2, 0.25) is 0 Å². The lowest BCUT2D eigenvalue weighted by Gasteiger charge is -2.49. The van der Waals surface area contributed by atoms with Crippen molar-refractivity contribution in [2.45, 2.75) is 12.1 Å². The average Bonchev–Trinajstić information content (AvgIpc) is 2.55. The minimum Gasteiger partial charge on any atom is -0.362 e. The summed E-state index contributed by atoms with van der Waals surface area (Å²) in [5, 5.41) is 7.55. The molecule has 3 aliphatic carbocycles. The molecule has 0 saturated carbocycles. The molecule has 2 nitrogen and oxygen atoms in total. The fraction of sp³-hybridized carbons (Fsp3) is 0.200. The molecule has 1 spiro atoms. The highest BCUT2D eigenvalue weighted by molar-refractivity contribution is 5.60. The van der Waals surface area contributed by atoms with Crippen molar-refractivity contribution in [1.82, 2.24) is 10.6 Å². The van der Waals surface area contributed by atoms with E-state index in [0.717, 1.165) is 6.42 Å². The van der Waals surface area contributed by atoms with E-state index in [2.05, 4.69) is 83.5 Å². The number of hydrogen-bond acceptors (Lipinski definition) is 2. The summed E-state index contributed by atoms with van der Waals surface area (Å²) in [7, 11) is 0. The van der Waals surface area contributed by atoms with Crippen molar-refractivity contribution in [2.24, 2.45) is 11.8 Å². The molecule has 0 aromatic heterocycles. The van der Waals surface area contributed by atoms with Crippen molar-refractivity contribution in [3.63, 3.8) is 0 Å². The number of nitrogens with one attached hydrogen (secondary N) is 2. The van der Waals surface area contributed by atoms with Crippen LogP contribution in [0.1, 0.15) is 11.1 Å². The van der Waals surface area contributed by atoms with Crippen LogP contribution < -0.4 is 10.6 Å². The molecule has 0 bridgehead atoms. The fourth-order valence-corrected chi connectivity index (χ4v) is 4.06. The molecule has 4 aliphatic rings. The molecule has 0 radical (unpaired) electrons. The Morgan fingerprint density at radius 3 is 2.45 bits per heavy atom. The van der Waals surface area contributed by atoms with Crippen LogP contribution in [0.3, 0.4) is 0 Å². The maximum Gasteiger partial charge on any atom is 0.131 e. The number of rotatable bonds is 0. The van der Waals surface area contributed by atoms with Gasteiger partial charge in [0.2, 0.25) is 0 Å². The van der Waals surface area contributed by atoms with Gasteiger partial charge in [-0.15, -0.1) is 0 Å². The van der Waals surface area contributed by atoms with Crippen LogP contribution in [0.15, 0.2) is 78.2 Å². The second kappa shape index (κ2) is 4.26. The Morgan fingerprint density at radius 2 is 1.68 bits per heavy atom. The van der Waals surface area contributed by atoms with Crippen LogP contribution in [0.4, 0.5) is 0 Å². The van der Waals surface area contributed by atoms with Crippen molar-refractivity contribution >= 4 is 6.08 Å². The van der Waals surface area contributed by atoms with E-state index in [-0.39, 0.29) is 5.66 Å². The van der Waals surface area contributed by atoms with Crippen molar-refractivity contribution < 1.29 is 0 Å². The number of hydrogen-bond donors (Lipinski definition) is 2. The number of benzene rings is 1. The zero-order valence-electron chi connectivity index (χ0n) is 12.3. The van der Waals surface area contributed by atoms with Crippen molar-refractivity contribution in [1.29, 1.82) is 0 Å². The van der Waals surface area contributed by atoms with Gasteiger partial charge < -0.3 is 10.6 Å². The Hall–Kier alpha value is -2.48. The molecule has 1 heterocycles. The summed E-state index contributed by atoms with van der Waals surface area (Å²) < 4.78 is 0. The Kier molecular flexibility index (Phi) is 2.34. The Balaban J connectivity index is 1.58. The molecule has 5 rings (SSSR count). The molecular formula is C20H18N2. The quantitative estimate of drug-likeness (QED) is 0.765. The molecule has 1 saturated heterocycles. The largest absolute Gasteiger partial charge is 0.362 e. The van der Waals surface area contributed by atoms with Gasteiger partial charge in [-0.05, 0) is 29.4 Å². The third kappa shape index (κ3) is 1.67. The van der Waals surface area contributed by atoms with E-state index in [0.29, 0.717) is 11.8 Å². The van der Waals surface area contributed by atoms with Gasteiger partial charge in [-0.2, -0.15) is 0 Å². The van der Waals surface area contributed by atoms with Crippen LogP contribution in [0, 0.1) is 11.8 Å². The number of allylic oxidation sites excluding steroid dienone is 6. The molecular weight excluding hydrogens is 268 g/mol. The minimum absolute atomic E-state index is 0.205. The second-order valence-electron chi connectivity index (χ2n) is 6.50. The summed E-state index contributed by atoms with van der Waals surface area (Å²) in [6.45, 7) is 0. The summed E-state index contributed by atoms with van der Waals surface area (Å²) in [6, 6.07) is 8.64. The molecule has 2 heteroatoms. The van der Waals surface area contributed by atoms with Crippen LogP contribution in [0.5, 0.6) is 0 Å². The van der Waals surface area contributed by atoms with E-state index in [9.17, 15) is 0 Å². The maximum absolute atomic E-state index is 3.78. The van der Waals surface area contributed by atoms with E-state index in [1.54, 1.807) is 0 Å². The average molecular weight is 286 g/mol. The van der Waals surface area contributed by atoms with Crippen molar-refractivity contribution in [3.05, 3.63) is 89.3 Å². The lowest BCUT2D eigenvalue weighted by molar-refractivity contribution is 0.292. The van der Waals surface area contributed by atoms with Gasteiger partial charge >= 0.3 is 0 Å². The molecule has 0 atom stereocenters. The Labute approximate surface area is 130 Å². The normalized spacial score (nSPS) is 33.3. The molecule has 1 aliphatic heterocycles. The zero-order chi connectivity index (χ0) is 14.6. The maximum atomic E-state index is 3.78. The minimum atomic E-state index is -0.205. The van der Waals surface area contributed by atoms with E-state index < -0.39 is 0 Å². The first-order valence-electron chi connectivity index (χ1n) is 7.93. The van der Waals surface area contributed by atoms with Crippen LogP contribution in [0.25, 0.3) is 6.08 Å². The summed E-state index contributed by atoms with van der Waals surface area (Å²) in [6.07, 6.45) is 18.8.